The Morgan fingerprint density at radius 3 is 2.82 bits per heavy atom. The first-order valence-corrected chi connectivity index (χ1v) is 8.10. The number of amides is 1. The minimum absolute atomic E-state index is 0.133. The van der Waals surface area contributed by atoms with Crippen molar-refractivity contribution in [2.24, 2.45) is 17.3 Å². The van der Waals surface area contributed by atoms with Gasteiger partial charge in [0.05, 0.1) is 17.7 Å². The van der Waals surface area contributed by atoms with Gasteiger partial charge in [-0.3, -0.25) is 14.5 Å². The lowest BCUT2D eigenvalue weighted by molar-refractivity contribution is -0.460. The summed E-state index contributed by atoms with van der Waals surface area (Å²) in [6.07, 6.45) is 1.09. The third kappa shape index (κ3) is 1.42. The SMILES string of the molecule is CC(=O)C1C(C)CCC23CC4C(O)C(OC(O2)N4C=O)C13C. The highest BCUT2D eigenvalue weighted by Gasteiger charge is 2.74. The van der Waals surface area contributed by atoms with Crippen LogP contribution < -0.4 is 0 Å². The lowest BCUT2D eigenvalue weighted by Crippen LogP contribution is -2.83. The third-order valence-corrected chi connectivity index (χ3v) is 6.81. The van der Waals surface area contributed by atoms with Gasteiger partial charge in [-0.1, -0.05) is 13.8 Å². The topological polar surface area (TPSA) is 76.1 Å². The van der Waals surface area contributed by atoms with E-state index in [0.29, 0.717) is 12.8 Å². The van der Waals surface area contributed by atoms with E-state index in [-0.39, 0.29) is 23.7 Å². The molecular weight excluding hydrogens is 286 g/mol. The largest absolute Gasteiger partial charge is 0.388 e. The van der Waals surface area contributed by atoms with Crippen LogP contribution in [0.3, 0.4) is 0 Å². The number of ketones is 1. The van der Waals surface area contributed by atoms with Gasteiger partial charge in [0.2, 0.25) is 12.8 Å². The molecule has 1 spiro atoms. The molecule has 0 aromatic rings. The number of hydrogen-bond donors (Lipinski definition) is 1. The summed E-state index contributed by atoms with van der Waals surface area (Å²) in [5, 5.41) is 10.7. The van der Waals surface area contributed by atoms with Crippen LogP contribution in [0.2, 0.25) is 0 Å². The number of aliphatic hydroxyl groups is 1. The molecule has 8 unspecified atom stereocenters. The third-order valence-electron chi connectivity index (χ3n) is 6.81. The van der Waals surface area contributed by atoms with Crippen molar-refractivity contribution >= 4 is 12.2 Å². The van der Waals surface area contributed by atoms with Gasteiger partial charge in [0.15, 0.2) is 0 Å². The Hall–Kier alpha value is -0.980. The Kier molecular flexibility index (Phi) is 2.86. The number of carbonyl (C=O) groups excluding carboxylic acids is 2. The zero-order valence-electron chi connectivity index (χ0n) is 13.2. The van der Waals surface area contributed by atoms with E-state index in [1.54, 1.807) is 6.92 Å². The van der Waals surface area contributed by atoms with E-state index in [0.717, 1.165) is 12.8 Å². The Morgan fingerprint density at radius 1 is 1.45 bits per heavy atom. The molecular formula is C16H23NO5. The molecule has 3 heterocycles. The van der Waals surface area contributed by atoms with Gasteiger partial charge in [0, 0.05) is 17.8 Å². The van der Waals surface area contributed by atoms with Crippen LogP contribution in [0.4, 0.5) is 0 Å². The quantitative estimate of drug-likeness (QED) is 0.759. The molecule has 0 aromatic heterocycles. The molecule has 5 rings (SSSR count). The van der Waals surface area contributed by atoms with Gasteiger partial charge in [-0.25, -0.2) is 0 Å². The van der Waals surface area contributed by atoms with E-state index in [9.17, 15) is 14.7 Å². The molecule has 1 amide bonds. The summed E-state index contributed by atoms with van der Waals surface area (Å²) in [7, 11) is 0. The van der Waals surface area contributed by atoms with Gasteiger partial charge in [-0.2, -0.15) is 0 Å². The normalized spacial score (nSPS) is 55.9. The average Bonchev–Trinajstić information content (AvgIpc) is 2.45. The fourth-order valence-electron chi connectivity index (χ4n) is 5.87. The van der Waals surface area contributed by atoms with E-state index >= 15 is 0 Å². The minimum atomic E-state index is -0.768. The molecule has 2 saturated carbocycles. The van der Waals surface area contributed by atoms with E-state index in [2.05, 4.69) is 6.92 Å². The van der Waals surface area contributed by atoms with Crippen LogP contribution in [-0.4, -0.2) is 52.5 Å². The first-order valence-electron chi connectivity index (χ1n) is 8.10. The van der Waals surface area contributed by atoms with Crippen molar-refractivity contribution in [3.63, 3.8) is 0 Å². The maximum atomic E-state index is 12.4. The summed E-state index contributed by atoms with van der Waals surface area (Å²) >= 11 is 0. The van der Waals surface area contributed by atoms with Crippen molar-refractivity contribution in [3.8, 4) is 0 Å². The lowest BCUT2D eigenvalue weighted by atomic mass is 9.46. The zero-order chi connectivity index (χ0) is 15.9. The lowest BCUT2D eigenvalue weighted by Gasteiger charge is -2.72. The fraction of sp³-hybridized carbons (Fsp3) is 0.875. The summed E-state index contributed by atoms with van der Waals surface area (Å²) in [4.78, 5) is 25.1. The van der Waals surface area contributed by atoms with Crippen LogP contribution in [-0.2, 0) is 19.1 Å². The van der Waals surface area contributed by atoms with Crippen LogP contribution in [0.5, 0.6) is 0 Å². The van der Waals surface area contributed by atoms with Gasteiger partial charge >= 0.3 is 0 Å². The number of hydrogen-bond acceptors (Lipinski definition) is 5. The maximum absolute atomic E-state index is 12.4. The molecule has 6 heteroatoms. The van der Waals surface area contributed by atoms with Gasteiger partial charge in [0.1, 0.15) is 11.9 Å². The fourth-order valence-corrected chi connectivity index (χ4v) is 5.87. The van der Waals surface area contributed by atoms with Crippen molar-refractivity contribution in [2.75, 3.05) is 0 Å². The molecule has 4 bridgehead atoms. The number of ether oxygens (including phenoxy) is 2. The van der Waals surface area contributed by atoms with Crippen LogP contribution in [0.1, 0.15) is 40.0 Å². The van der Waals surface area contributed by atoms with E-state index in [1.807, 2.05) is 6.92 Å². The van der Waals surface area contributed by atoms with Crippen molar-refractivity contribution in [3.05, 3.63) is 0 Å². The van der Waals surface area contributed by atoms with Gasteiger partial charge in [0.25, 0.3) is 0 Å². The van der Waals surface area contributed by atoms with Crippen molar-refractivity contribution < 1.29 is 24.2 Å². The molecule has 0 radical (unpaired) electrons. The van der Waals surface area contributed by atoms with Gasteiger partial charge in [-0.15, -0.1) is 0 Å². The summed E-state index contributed by atoms with van der Waals surface area (Å²) < 4.78 is 12.1. The highest BCUT2D eigenvalue weighted by Crippen LogP contribution is 2.65. The van der Waals surface area contributed by atoms with Crippen LogP contribution in [0.15, 0.2) is 0 Å². The Morgan fingerprint density at radius 2 is 2.18 bits per heavy atom. The maximum Gasteiger partial charge on any atom is 0.243 e. The molecule has 2 aliphatic carbocycles. The zero-order valence-corrected chi connectivity index (χ0v) is 13.2. The predicted molar refractivity (Wildman–Crippen MR) is 75.5 cm³/mol. The monoisotopic (exact) mass is 309 g/mol. The second kappa shape index (κ2) is 4.30. The van der Waals surface area contributed by atoms with E-state index < -0.39 is 29.6 Å². The van der Waals surface area contributed by atoms with Crippen molar-refractivity contribution in [1.82, 2.24) is 4.90 Å². The first kappa shape index (κ1) is 14.6. The molecule has 5 fully saturated rings. The molecule has 3 aliphatic heterocycles. The first-order chi connectivity index (χ1) is 10.4. The molecule has 1 N–H and O–H groups in total. The molecule has 0 aromatic carbocycles. The number of carbonyl (C=O) groups is 2. The molecule has 5 aliphatic rings. The number of Topliss-reactive ketones (excluding diaryl/α,β-unsaturated/α-hetero) is 1. The standard InChI is InChI=1S/C16H23NO5/c1-8-4-5-16-6-10-12(20)13(15(16,3)11(8)9(2)19)21-14(22-16)17(10)7-18/h7-8,10-14,20H,4-6H2,1-3H3. The van der Waals surface area contributed by atoms with E-state index in [4.69, 9.17) is 9.47 Å². The second-order valence-electron chi connectivity index (χ2n) is 7.68. The summed E-state index contributed by atoms with van der Waals surface area (Å²) in [5.74, 6) is 0.186. The summed E-state index contributed by atoms with van der Waals surface area (Å²) in [5.41, 5.74) is -1.02. The number of nitrogens with zero attached hydrogens (tertiary/aromatic N) is 1. The summed E-state index contributed by atoms with van der Waals surface area (Å²) in [6.45, 7) is 5.76. The van der Waals surface area contributed by atoms with Crippen LogP contribution in [0.25, 0.3) is 0 Å². The number of aliphatic hydroxyl groups excluding tert-OH is 1. The highest BCUT2D eigenvalue weighted by atomic mass is 16.7. The molecule has 6 nitrogen and oxygen atoms in total. The summed E-state index contributed by atoms with van der Waals surface area (Å²) in [6, 6.07) is -0.274. The van der Waals surface area contributed by atoms with Crippen LogP contribution >= 0.6 is 0 Å². The molecule has 22 heavy (non-hydrogen) atoms. The second-order valence-corrected chi connectivity index (χ2v) is 7.68. The molecule has 8 atom stereocenters. The minimum Gasteiger partial charge on any atom is -0.388 e. The van der Waals surface area contributed by atoms with Crippen molar-refractivity contribution in [1.29, 1.82) is 0 Å². The Labute approximate surface area is 129 Å². The average molecular weight is 309 g/mol. The van der Waals surface area contributed by atoms with Gasteiger partial charge in [-0.05, 0) is 25.7 Å². The smallest absolute Gasteiger partial charge is 0.243 e. The van der Waals surface area contributed by atoms with Crippen molar-refractivity contribution in [2.45, 2.75) is 70.3 Å². The molecule has 122 valence electrons. The number of rotatable bonds is 2. The predicted octanol–water partition coefficient (Wildman–Crippen LogP) is 0.671. The molecule has 3 saturated heterocycles. The van der Waals surface area contributed by atoms with Crippen LogP contribution in [0, 0.1) is 17.3 Å². The van der Waals surface area contributed by atoms with Gasteiger partial charge < -0.3 is 14.6 Å². The van der Waals surface area contributed by atoms with E-state index in [1.165, 1.54) is 4.90 Å². The highest BCUT2D eigenvalue weighted by molar-refractivity contribution is 5.80. The Bertz CT molecular complexity index is 539. The Balaban J connectivity index is 1.84.